The lowest BCUT2D eigenvalue weighted by Gasteiger charge is -2.11. The van der Waals surface area contributed by atoms with Gasteiger partial charge in [-0.2, -0.15) is 0 Å². The molecular weight excluding hydrogens is 388 g/mol. The number of fused-ring (bicyclic) bond motifs is 1. The maximum atomic E-state index is 13.1. The Morgan fingerprint density at radius 1 is 1.10 bits per heavy atom. The van der Waals surface area contributed by atoms with Crippen LogP contribution in [0.25, 0.3) is 10.9 Å². The Labute approximate surface area is 170 Å². The second kappa shape index (κ2) is 8.39. The van der Waals surface area contributed by atoms with E-state index in [0.29, 0.717) is 11.9 Å². The van der Waals surface area contributed by atoms with Gasteiger partial charge in [0.2, 0.25) is 5.91 Å². The monoisotopic (exact) mass is 412 g/mol. The summed E-state index contributed by atoms with van der Waals surface area (Å²) in [6, 6.07) is 16.4. The molecule has 6 nitrogen and oxygen atoms in total. The van der Waals surface area contributed by atoms with E-state index in [1.54, 1.807) is 29.0 Å². The van der Waals surface area contributed by atoms with Gasteiger partial charge in [-0.05, 0) is 24.5 Å². The van der Waals surface area contributed by atoms with Gasteiger partial charge in [0.25, 0.3) is 0 Å². The van der Waals surface area contributed by atoms with Crippen LogP contribution in [0.15, 0.2) is 65.7 Å². The summed E-state index contributed by atoms with van der Waals surface area (Å²) < 4.78 is 33.4. The molecule has 1 aliphatic rings. The number of sulfone groups is 1. The lowest BCUT2D eigenvalue weighted by Crippen LogP contribution is -2.34. The van der Waals surface area contributed by atoms with Crippen LogP contribution in [0.4, 0.5) is 0 Å². The molecule has 1 aromatic heterocycles. The fraction of sp³-hybridized carbons (Fsp3) is 0.318. The van der Waals surface area contributed by atoms with Crippen LogP contribution in [-0.4, -0.2) is 38.1 Å². The molecule has 2 heterocycles. The Bertz CT molecular complexity index is 1100. The van der Waals surface area contributed by atoms with E-state index in [1.807, 2.05) is 36.4 Å². The highest BCUT2D eigenvalue weighted by Gasteiger charge is 2.23. The van der Waals surface area contributed by atoms with Gasteiger partial charge in [0, 0.05) is 30.3 Å². The van der Waals surface area contributed by atoms with Gasteiger partial charge in [-0.25, -0.2) is 8.42 Å². The summed E-state index contributed by atoms with van der Waals surface area (Å²) in [6.07, 6.45) is 3.62. The Hall–Kier alpha value is -2.64. The first-order valence-corrected chi connectivity index (χ1v) is 11.4. The van der Waals surface area contributed by atoms with Gasteiger partial charge in [-0.3, -0.25) is 4.79 Å². The quantitative estimate of drug-likeness (QED) is 0.647. The minimum atomic E-state index is -3.55. The van der Waals surface area contributed by atoms with Crippen LogP contribution in [0.3, 0.4) is 0 Å². The number of nitrogens with zero attached hydrogens (tertiary/aromatic N) is 1. The highest BCUT2D eigenvalue weighted by atomic mass is 32.2. The van der Waals surface area contributed by atoms with Crippen molar-refractivity contribution in [1.82, 2.24) is 9.88 Å². The van der Waals surface area contributed by atoms with Crippen molar-refractivity contribution in [3.63, 3.8) is 0 Å². The Balaban J connectivity index is 1.57. The van der Waals surface area contributed by atoms with Crippen molar-refractivity contribution in [2.75, 3.05) is 13.2 Å². The van der Waals surface area contributed by atoms with Crippen molar-refractivity contribution in [2.45, 2.75) is 36.1 Å². The minimum absolute atomic E-state index is 0.0636. The number of ether oxygens (including phenoxy) is 1. The van der Waals surface area contributed by atoms with Gasteiger partial charge >= 0.3 is 0 Å². The molecule has 1 saturated heterocycles. The summed E-state index contributed by atoms with van der Waals surface area (Å²) >= 11 is 0. The number of nitrogens with one attached hydrogen (secondary N) is 1. The van der Waals surface area contributed by atoms with Gasteiger partial charge in [0.05, 0.1) is 16.8 Å². The van der Waals surface area contributed by atoms with Gasteiger partial charge < -0.3 is 14.6 Å². The topological polar surface area (TPSA) is 77.4 Å². The highest BCUT2D eigenvalue weighted by Crippen LogP contribution is 2.28. The number of amides is 1. The van der Waals surface area contributed by atoms with Gasteiger partial charge in [0.15, 0.2) is 9.84 Å². The van der Waals surface area contributed by atoms with E-state index in [2.05, 4.69) is 5.32 Å². The minimum Gasteiger partial charge on any atom is -0.376 e. The molecule has 1 fully saturated rings. The highest BCUT2D eigenvalue weighted by molar-refractivity contribution is 7.90. The molecule has 2 aromatic carbocycles. The Morgan fingerprint density at radius 3 is 2.62 bits per heavy atom. The molecule has 0 bridgehead atoms. The molecule has 1 unspecified atom stereocenters. The number of para-hydroxylation sites is 1. The maximum absolute atomic E-state index is 13.1. The van der Waals surface area contributed by atoms with Crippen LogP contribution >= 0.6 is 0 Å². The zero-order chi connectivity index (χ0) is 20.3. The van der Waals surface area contributed by atoms with E-state index in [0.717, 1.165) is 30.5 Å². The first-order valence-electron chi connectivity index (χ1n) is 9.76. The summed E-state index contributed by atoms with van der Waals surface area (Å²) in [5.41, 5.74) is 1.46. The van der Waals surface area contributed by atoms with E-state index in [4.69, 9.17) is 4.74 Å². The van der Waals surface area contributed by atoms with E-state index >= 15 is 0 Å². The second-order valence-corrected chi connectivity index (χ2v) is 9.28. The van der Waals surface area contributed by atoms with Crippen LogP contribution < -0.4 is 5.32 Å². The van der Waals surface area contributed by atoms with Crippen LogP contribution in [0.2, 0.25) is 0 Å². The van der Waals surface area contributed by atoms with Crippen molar-refractivity contribution < 1.29 is 17.9 Å². The summed E-state index contributed by atoms with van der Waals surface area (Å²) in [6.45, 7) is 1.29. The number of benzene rings is 2. The maximum Gasteiger partial charge on any atom is 0.240 e. The molecule has 29 heavy (non-hydrogen) atoms. The molecule has 152 valence electrons. The van der Waals surface area contributed by atoms with E-state index in [1.165, 1.54) is 0 Å². The van der Waals surface area contributed by atoms with Gasteiger partial charge in [0.1, 0.15) is 6.54 Å². The summed E-state index contributed by atoms with van der Waals surface area (Å²) in [5, 5.41) is 3.53. The predicted octanol–water partition coefficient (Wildman–Crippen LogP) is 2.91. The fourth-order valence-corrected chi connectivity index (χ4v) is 5.29. The first-order chi connectivity index (χ1) is 14.0. The zero-order valence-electron chi connectivity index (χ0n) is 16.1. The SMILES string of the molecule is O=C(Cn1cc(S(=O)(=O)Cc2ccccc2)c2ccccc21)NCC1CCCO1. The lowest BCUT2D eigenvalue weighted by molar-refractivity contribution is -0.122. The molecule has 7 heteroatoms. The molecule has 3 aromatic rings. The normalized spacial score (nSPS) is 16.9. The predicted molar refractivity (Wildman–Crippen MR) is 111 cm³/mol. The van der Waals surface area contributed by atoms with Crippen molar-refractivity contribution in [3.05, 3.63) is 66.4 Å². The molecule has 1 aliphatic heterocycles. The lowest BCUT2D eigenvalue weighted by atomic mass is 10.2. The molecular formula is C22H24N2O4S. The molecule has 1 N–H and O–H groups in total. The summed E-state index contributed by atoms with van der Waals surface area (Å²) in [5.74, 6) is -0.235. The van der Waals surface area contributed by atoms with Gasteiger partial charge in [-0.1, -0.05) is 48.5 Å². The molecule has 4 rings (SSSR count). The van der Waals surface area contributed by atoms with Gasteiger partial charge in [-0.15, -0.1) is 0 Å². The van der Waals surface area contributed by atoms with Crippen molar-refractivity contribution in [1.29, 1.82) is 0 Å². The third-order valence-electron chi connectivity index (χ3n) is 5.15. The zero-order valence-corrected chi connectivity index (χ0v) is 16.9. The average Bonchev–Trinajstić information content (AvgIpc) is 3.36. The van der Waals surface area contributed by atoms with Crippen LogP contribution in [0.1, 0.15) is 18.4 Å². The summed E-state index contributed by atoms with van der Waals surface area (Å²) in [7, 11) is -3.55. The Morgan fingerprint density at radius 2 is 1.86 bits per heavy atom. The molecule has 0 saturated carbocycles. The number of hydrogen-bond acceptors (Lipinski definition) is 4. The summed E-state index contributed by atoms with van der Waals surface area (Å²) in [4.78, 5) is 12.7. The standard InChI is InChI=1S/C22H24N2O4S/c25-22(23-13-18-9-6-12-28-18)15-24-14-21(19-10-4-5-11-20(19)24)29(26,27)16-17-7-2-1-3-8-17/h1-5,7-8,10-11,14,18H,6,9,12-13,15-16H2,(H,23,25). The smallest absolute Gasteiger partial charge is 0.240 e. The number of aromatic nitrogens is 1. The van der Waals surface area contributed by atoms with E-state index in [-0.39, 0.29) is 29.2 Å². The molecule has 0 radical (unpaired) electrons. The Kier molecular flexibility index (Phi) is 5.69. The third-order valence-corrected chi connectivity index (χ3v) is 6.86. The molecule has 0 spiro atoms. The second-order valence-electron chi connectivity index (χ2n) is 7.32. The van der Waals surface area contributed by atoms with Crippen molar-refractivity contribution in [2.24, 2.45) is 0 Å². The molecule has 0 aliphatic carbocycles. The van der Waals surface area contributed by atoms with Crippen LogP contribution in [0.5, 0.6) is 0 Å². The fourth-order valence-electron chi connectivity index (χ4n) is 3.71. The van der Waals surface area contributed by atoms with Crippen LogP contribution in [-0.2, 0) is 31.7 Å². The van der Waals surface area contributed by atoms with Crippen molar-refractivity contribution in [3.8, 4) is 0 Å². The van der Waals surface area contributed by atoms with E-state index < -0.39 is 9.84 Å². The number of carbonyl (C=O) groups excluding carboxylic acids is 1. The number of hydrogen-bond donors (Lipinski definition) is 1. The third kappa shape index (κ3) is 4.52. The first kappa shape index (κ1) is 19.7. The largest absolute Gasteiger partial charge is 0.376 e. The van der Waals surface area contributed by atoms with Crippen molar-refractivity contribution >= 4 is 26.6 Å². The molecule has 1 amide bonds. The molecule has 1 atom stereocenters. The van der Waals surface area contributed by atoms with E-state index in [9.17, 15) is 13.2 Å². The number of rotatable bonds is 7. The average molecular weight is 413 g/mol. The van der Waals surface area contributed by atoms with Crippen LogP contribution in [0, 0.1) is 0 Å². The number of carbonyl (C=O) groups is 1.